The molecule has 374 valence electrons. The van der Waals surface area contributed by atoms with Crippen LogP contribution in [0.15, 0.2) is 72.9 Å². The number of ether oxygens (including phenoxy) is 4. The minimum Gasteiger partial charge on any atom is -0.545 e. The summed E-state index contributed by atoms with van der Waals surface area (Å²) in [6.45, 7) is 4.57. The Balaban J connectivity index is 4.19. The van der Waals surface area contributed by atoms with Crippen molar-refractivity contribution in [1.82, 2.24) is 0 Å². The van der Waals surface area contributed by atoms with E-state index in [2.05, 4.69) is 86.8 Å². The molecule has 0 saturated heterocycles. The normalized spacial score (nSPS) is 13.4. The Labute approximate surface area is 398 Å². The van der Waals surface area contributed by atoms with Crippen LogP contribution >= 0.6 is 0 Å². The monoisotopic (exact) mass is 912 g/mol. The van der Waals surface area contributed by atoms with Crippen LogP contribution in [0.3, 0.4) is 0 Å². The lowest BCUT2D eigenvalue weighted by Gasteiger charge is -2.26. The molecule has 0 heterocycles. The molecule has 0 aliphatic rings. The van der Waals surface area contributed by atoms with E-state index in [4.69, 9.17) is 18.9 Å². The second-order valence-corrected chi connectivity index (χ2v) is 18.4. The van der Waals surface area contributed by atoms with Crippen molar-refractivity contribution in [3.05, 3.63) is 72.9 Å². The van der Waals surface area contributed by atoms with Crippen LogP contribution in [-0.4, -0.2) is 82.3 Å². The molecule has 0 N–H and O–H groups in total. The largest absolute Gasteiger partial charge is 0.545 e. The van der Waals surface area contributed by atoms with Crippen LogP contribution in [0.5, 0.6) is 0 Å². The van der Waals surface area contributed by atoms with Crippen LogP contribution in [0.25, 0.3) is 0 Å². The van der Waals surface area contributed by atoms with E-state index in [0.717, 1.165) is 96.3 Å². The number of aliphatic carboxylic acids is 1. The van der Waals surface area contributed by atoms with Gasteiger partial charge in [-0.25, -0.2) is 0 Å². The second-order valence-electron chi connectivity index (χ2n) is 18.4. The number of hydrogen-bond donors (Lipinski definition) is 0. The van der Waals surface area contributed by atoms with Crippen molar-refractivity contribution in [2.75, 3.05) is 47.5 Å². The number of allylic oxidation sites excluding steroid dienone is 12. The van der Waals surface area contributed by atoms with Crippen LogP contribution < -0.4 is 5.11 Å². The van der Waals surface area contributed by atoms with Gasteiger partial charge in [-0.3, -0.25) is 9.59 Å². The third kappa shape index (κ3) is 48.5. The summed E-state index contributed by atoms with van der Waals surface area (Å²) in [4.78, 5) is 37.1. The second kappa shape index (κ2) is 47.2. The number of nitrogens with zero attached hydrogens (tertiary/aromatic N) is 1. The lowest BCUT2D eigenvalue weighted by atomic mass is 10.0. The lowest BCUT2D eigenvalue weighted by Crippen LogP contribution is -2.44. The van der Waals surface area contributed by atoms with Crippen molar-refractivity contribution in [3.8, 4) is 0 Å². The van der Waals surface area contributed by atoms with Gasteiger partial charge in [0.05, 0.1) is 40.3 Å². The van der Waals surface area contributed by atoms with Gasteiger partial charge in [0.25, 0.3) is 0 Å². The third-order valence-corrected chi connectivity index (χ3v) is 10.9. The number of unbranched alkanes of at least 4 members (excludes halogenated alkanes) is 20. The number of carbonyl (C=O) groups excluding carboxylic acids is 3. The molecule has 0 aromatic rings. The number of carboxylic acids is 1. The van der Waals surface area contributed by atoms with Crippen molar-refractivity contribution in [2.45, 2.75) is 219 Å². The maximum atomic E-state index is 12.8. The molecule has 2 unspecified atom stereocenters. The molecule has 0 fully saturated rings. The Kier molecular flexibility index (Phi) is 44.9. The summed E-state index contributed by atoms with van der Waals surface area (Å²) in [5.41, 5.74) is 0. The minimum atomic E-state index is -1.62. The highest BCUT2D eigenvalue weighted by Crippen LogP contribution is 2.15. The molecule has 0 radical (unpaired) electrons. The molecule has 0 spiro atoms. The SMILES string of the molecule is CC/C=C\C/C=C\C/C=C\C/C=C\C/C=C\CCCCCCCCCCCCCCCC(=O)OC(COC(=O)CCCCCCC/C=C\CCCC)COC(OCC[N+](C)(C)C)C(=O)[O-]. The van der Waals surface area contributed by atoms with Gasteiger partial charge in [0.15, 0.2) is 12.4 Å². The van der Waals surface area contributed by atoms with Gasteiger partial charge in [-0.2, -0.15) is 0 Å². The molecule has 2 atom stereocenters. The molecule has 0 saturated carbocycles. The molecule has 0 bridgehead atoms. The fraction of sp³-hybridized carbons (Fsp3) is 0.732. The van der Waals surface area contributed by atoms with Gasteiger partial charge in [-0.1, -0.05) is 189 Å². The van der Waals surface area contributed by atoms with Gasteiger partial charge in [-0.05, 0) is 77.0 Å². The van der Waals surface area contributed by atoms with E-state index in [-0.39, 0.29) is 38.6 Å². The first-order valence-corrected chi connectivity index (χ1v) is 26.1. The molecule has 65 heavy (non-hydrogen) atoms. The molecule has 0 aromatic heterocycles. The number of carbonyl (C=O) groups is 3. The van der Waals surface area contributed by atoms with Crippen LogP contribution in [0, 0.1) is 0 Å². The topological polar surface area (TPSA) is 111 Å². The minimum absolute atomic E-state index is 0.144. The van der Waals surface area contributed by atoms with Gasteiger partial charge in [0.1, 0.15) is 13.2 Å². The Morgan fingerprint density at radius 3 is 1.32 bits per heavy atom. The fourth-order valence-corrected chi connectivity index (χ4v) is 6.90. The summed E-state index contributed by atoms with van der Waals surface area (Å²) >= 11 is 0. The lowest BCUT2D eigenvalue weighted by molar-refractivity contribution is -0.870. The van der Waals surface area contributed by atoms with Crippen molar-refractivity contribution < 1.29 is 42.9 Å². The van der Waals surface area contributed by atoms with Crippen LogP contribution in [0.1, 0.15) is 206 Å². The Hall–Kier alpha value is -3.27. The number of rotatable bonds is 47. The maximum absolute atomic E-state index is 12.8. The Bertz CT molecular complexity index is 1290. The highest BCUT2D eigenvalue weighted by Gasteiger charge is 2.22. The standard InChI is InChI=1S/C56H97NO8/c1-6-8-10-12-14-16-18-19-20-21-22-23-24-25-26-27-28-29-30-31-32-33-34-35-37-39-41-43-45-47-54(59)65-52(51-64-56(55(60)61)62-49-48-57(3,4)5)50-63-53(58)46-44-42-40-38-36-17-15-13-11-9-7-2/h8,10,13-16,19-20,22-23,25-26,52,56H,6-7,9,11-12,17-18,21,24,27-51H2,1-5H3/b10-8-,15-13-,16-14-,20-19-,23-22-,26-25-. The number of esters is 2. The molecular formula is C56H97NO8. The highest BCUT2D eigenvalue weighted by atomic mass is 16.7. The summed E-state index contributed by atoms with van der Waals surface area (Å²) in [7, 11) is 5.91. The van der Waals surface area contributed by atoms with Crippen molar-refractivity contribution >= 4 is 17.9 Å². The zero-order valence-electron chi connectivity index (χ0n) is 42.3. The van der Waals surface area contributed by atoms with Gasteiger partial charge in [0, 0.05) is 12.8 Å². The van der Waals surface area contributed by atoms with Gasteiger partial charge < -0.3 is 33.3 Å². The summed E-state index contributed by atoms with van der Waals surface area (Å²) in [5.74, 6) is -2.30. The zero-order chi connectivity index (χ0) is 47.7. The van der Waals surface area contributed by atoms with Crippen molar-refractivity contribution in [2.24, 2.45) is 0 Å². The van der Waals surface area contributed by atoms with Gasteiger partial charge >= 0.3 is 11.9 Å². The molecule has 0 rings (SSSR count). The number of quaternary nitrogens is 1. The molecule has 0 aromatic carbocycles. The van der Waals surface area contributed by atoms with Crippen molar-refractivity contribution in [3.63, 3.8) is 0 Å². The molecular weight excluding hydrogens is 815 g/mol. The maximum Gasteiger partial charge on any atom is 0.306 e. The van der Waals surface area contributed by atoms with Crippen LogP contribution in [-0.2, 0) is 33.3 Å². The molecule has 0 aliphatic heterocycles. The Morgan fingerprint density at radius 2 is 0.877 bits per heavy atom. The highest BCUT2D eigenvalue weighted by molar-refractivity contribution is 5.70. The van der Waals surface area contributed by atoms with Crippen LogP contribution in [0.2, 0.25) is 0 Å². The summed E-state index contributed by atoms with van der Waals surface area (Å²) < 4.78 is 22.6. The van der Waals surface area contributed by atoms with E-state index in [1.807, 2.05) is 21.1 Å². The van der Waals surface area contributed by atoms with E-state index in [1.165, 1.54) is 77.0 Å². The van der Waals surface area contributed by atoms with E-state index < -0.39 is 24.3 Å². The van der Waals surface area contributed by atoms with Crippen LogP contribution in [0.4, 0.5) is 0 Å². The average molecular weight is 912 g/mol. The van der Waals surface area contributed by atoms with E-state index in [9.17, 15) is 19.5 Å². The van der Waals surface area contributed by atoms with Gasteiger partial charge in [-0.15, -0.1) is 0 Å². The molecule has 9 nitrogen and oxygen atoms in total. The quantitative estimate of drug-likeness (QED) is 0.0195. The Morgan fingerprint density at radius 1 is 0.477 bits per heavy atom. The van der Waals surface area contributed by atoms with E-state index in [0.29, 0.717) is 17.4 Å². The number of carboxylic acid groups (broad SMARTS) is 1. The predicted molar refractivity (Wildman–Crippen MR) is 269 cm³/mol. The number of likely N-dealkylation sites (N-methyl/N-ethyl adjacent to an activating group) is 1. The summed E-state index contributed by atoms with van der Waals surface area (Å²) in [6.07, 6.45) is 56.6. The predicted octanol–water partition coefficient (Wildman–Crippen LogP) is 13.3. The molecule has 0 aliphatic carbocycles. The third-order valence-electron chi connectivity index (χ3n) is 10.9. The zero-order valence-corrected chi connectivity index (χ0v) is 42.3. The molecule has 0 amide bonds. The van der Waals surface area contributed by atoms with E-state index in [1.54, 1.807) is 0 Å². The average Bonchev–Trinajstić information content (AvgIpc) is 3.27. The fourth-order valence-electron chi connectivity index (χ4n) is 6.90. The first-order valence-electron chi connectivity index (χ1n) is 26.1. The van der Waals surface area contributed by atoms with E-state index >= 15 is 0 Å². The summed E-state index contributed by atoms with van der Waals surface area (Å²) in [5, 5.41) is 11.7. The van der Waals surface area contributed by atoms with Crippen molar-refractivity contribution in [1.29, 1.82) is 0 Å². The molecule has 9 heteroatoms. The summed E-state index contributed by atoms with van der Waals surface area (Å²) in [6, 6.07) is 0. The first-order chi connectivity index (χ1) is 31.6. The number of hydrogen-bond acceptors (Lipinski definition) is 8. The smallest absolute Gasteiger partial charge is 0.306 e. The first kappa shape index (κ1) is 61.7. The van der Waals surface area contributed by atoms with Gasteiger partial charge in [0.2, 0.25) is 0 Å².